The number of benzene rings is 1. The minimum Gasteiger partial charge on any atom is -0.398 e. The monoisotopic (exact) mass is 356 g/mol. The maximum absolute atomic E-state index is 12.8. The van der Waals surface area contributed by atoms with Crippen molar-refractivity contribution in [1.29, 1.82) is 0 Å². The lowest BCUT2D eigenvalue weighted by molar-refractivity contribution is -0.137. The first-order valence-corrected chi connectivity index (χ1v) is 6.62. The van der Waals surface area contributed by atoms with Crippen LogP contribution in [0.1, 0.15) is 5.56 Å². The Labute approximate surface area is 125 Å². The predicted molar refractivity (Wildman–Crippen MR) is 76.4 cm³/mol. The van der Waals surface area contributed by atoms with Crippen molar-refractivity contribution < 1.29 is 13.2 Å². The van der Waals surface area contributed by atoms with Gasteiger partial charge in [0.25, 0.3) is 0 Å². The Hall–Kier alpha value is -2.09. The number of nitrogen functional groups attached to an aromatic ring is 1. The first-order valence-electron chi connectivity index (χ1n) is 5.83. The first kappa shape index (κ1) is 13.9. The zero-order valence-electron chi connectivity index (χ0n) is 10.4. The van der Waals surface area contributed by atoms with Crippen LogP contribution in [0.5, 0.6) is 0 Å². The summed E-state index contributed by atoms with van der Waals surface area (Å²) in [6.45, 7) is 0. The van der Waals surface area contributed by atoms with Crippen molar-refractivity contribution in [2.45, 2.75) is 6.18 Å². The molecule has 0 amide bonds. The largest absolute Gasteiger partial charge is 0.416 e. The number of aromatic amines is 1. The summed E-state index contributed by atoms with van der Waals surface area (Å²) in [7, 11) is 0. The van der Waals surface area contributed by atoms with E-state index in [9.17, 15) is 13.2 Å². The average Bonchev–Trinajstić information content (AvgIpc) is 2.80. The summed E-state index contributed by atoms with van der Waals surface area (Å²) in [5.41, 5.74) is 6.40. The molecular formula is C13H8BrF3N4. The van der Waals surface area contributed by atoms with E-state index in [0.29, 0.717) is 11.2 Å². The van der Waals surface area contributed by atoms with Gasteiger partial charge in [0.2, 0.25) is 0 Å². The molecular weight excluding hydrogens is 349 g/mol. The molecule has 0 aliphatic rings. The van der Waals surface area contributed by atoms with Crippen molar-refractivity contribution in [3.63, 3.8) is 0 Å². The van der Waals surface area contributed by atoms with Crippen LogP contribution in [-0.4, -0.2) is 15.0 Å². The Balaban J connectivity index is 2.17. The van der Waals surface area contributed by atoms with E-state index in [2.05, 4.69) is 30.9 Å². The van der Waals surface area contributed by atoms with Crippen LogP contribution < -0.4 is 5.73 Å². The Morgan fingerprint density at radius 3 is 2.67 bits per heavy atom. The van der Waals surface area contributed by atoms with Gasteiger partial charge in [0.15, 0.2) is 5.65 Å². The number of imidazole rings is 1. The number of nitrogens with zero attached hydrogens (tertiary/aromatic N) is 2. The molecule has 3 rings (SSSR count). The highest BCUT2D eigenvalue weighted by Gasteiger charge is 2.31. The van der Waals surface area contributed by atoms with Crippen molar-refractivity contribution >= 4 is 32.8 Å². The van der Waals surface area contributed by atoms with E-state index in [1.807, 2.05) is 0 Å². The van der Waals surface area contributed by atoms with Gasteiger partial charge in [-0.15, -0.1) is 0 Å². The van der Waals surface area contributed by atoms with E-state index < -0.39 is 11.7 Å². The summed E-state index contributed by atoms with van der Waals surface area (Å²) in [5.74, 6) is 0.249. The molecule has 0 atom stereocenters. The summed E-state index contributed by atoms with van der Waals surface area (Å²) in [6, 6.07) is 4.87. The number of rotatable bonds is 1. The molecule has 108 valence electrons. The number of halogens is 4. The second-order valence-corrected chi connectivity index (χ2v) is 5.33. The molecule has 2 heterocycles. The topological polar surface area (TPSA) is 67.6 Å². The minimum atomic E-state index is -4.43. The minimum absolute atomic E-state index is 0.193. The van der Waals surface area contributed by atoms with Gasteiger partial charge in [0.05, 0.1) is 11.1 Å². The van der Waals surface area contributed by atoms with E-state index in [-0.39, 0.29) is 17.1 Å². The number of nitrogens with two attached hydrogens (primary N) is 1. The fourth-order valence-electron chi connectivity index (χ4n) is 1.94. The van der Waals surface area contributed by atoms with Gasteiger partial charge in [0.1, 0.15) is 5.82 Å². The summed E-state index contributed by atoms with van der Waals surface area (Å²) >= 11 is 3.27. The summed E-state index contributed by atoms with van der Waals surface area (Å²) in [5, 5.41) is 0. The molecule has 0 aliphatic carbocycles. The zero-order chi connectivity index (χ0) is 15.2. The molecule has 0 bridgehead atoms. The molecule has 3 N–H and O–H groups in total. The van der Waals surface area contributed by atoms with Crippen molar-refractivity contribution in [1.82, 2.24) is 15.0 Å². The van der Waals surface area contributed by atoms with Gasteiger partial charge in [0, 0.05) is 21.9 Å². The third-order valence-electron chi connectivity index (χ3n) is 2.94. The number of aromatic nitrogens is 3. The Bertz CT molecular complexity index is 826. The van der Waals surface area contributed by atoms with Gasteiger partial charge in [-0.3, -0.25) is 0 Å². The lowest BCUT2D eigenvalue weighted by Gasteiger charge is -2.09. The average molecular weight is 357 g/mol. The van der Waals surface area contributed by atoms with Crippen LogP contribution in [0.3, 0.4) is 0 Å². The van der Waals surface area contributed by atoms with Crippen LogP contribution >= 0.6 is 15.9 Å². The number of alkyl halides is 3. The number of hydrogen-bond donors (Lipinski definition) is 2. The van der Waals surface area contributed by atoms with Crippen LogP contribution in [0.15, 0.2) is 34.9 Å². The number of nitrogens with one attached hydrogen (secondary N) is 1. The fourth-order valence-corrected chi connectivity index (χ4v) is 2.27. The van der Waals surface area contributed by atoms with Gasteiger partial charge >= 0.3 is 6.18 Å². The van der Waals surface area contributed by atoms with Gasteiger partial charge in [-0.05, 0) is 40.2 Å². The molecule has 0 radical (unpaired) electrons. The quantitative estimate of drug-likeness (QED) is 0.647. The molecule has 0 fully saturated rings. The molecule has 2 aromatic heterocycles. The van der Waals surface area contributed by atoms with E-state index in [1.54, 1.807) is 12.3 Å². The maximum Gasteiger partial charge on any atom is 0.416 e. The Morgan fingerprint density at radius 1 is 1.19 bits per heavy atom. The number of fused-ring (bicyclic) bond motifs is 1. The van der Waals surface area contributed by atoms with Crippen LogP contribution in [0, 0.1) is 0 Å². The van der Waals surface area contributed by atoms with Gasteiger partial charge in [-0.2, -0.15) is 13.2 Å². The highest BCUT2D eigenvalue weighted by Crippen LogP contribution is 2.34. The van der Waals surface area contributed by atoms with Gasteiger partial charge in [-0.25, -0.2) is 9.97 Å². The van der Waals surface area contributed by atoms with E-state index >= 15 is 0 Å². The molecule has 1 aromatic carbocycles. The third-order valence-corrected chi connectivity index (χ3v) is 3.37. The molecule has 0 saturated carbocycles. The molecule has 0 saturated heterocycles. The lowest BCUT2D eigenvalue weighted by Crippen LogP contribution is -2.06. The third kappa shape index (κ3) is 2.58. The second-order valence-electron chi connectivity index (χ2n) is 4.41. The van der Waals surface area contributed by atoms with Crippen molar-refractivity contribution in [2.75, 3.05) is 5.73 Å². The van der Waals surface area contributed by atoms with Gasteiger partial charge < -0.3 is 10.7 Å². The highest BCUT2D eigenvalue weighted by atomic mass is 79.9. The van der Waals surface area contributed by atoms with Crippen LogP contribution in [-0.2, 0) is 6.18 Å². The molecule has 4 nitrogen and oxygen atoms in total. The maximum atomic E-state index is 12.8. The normalized spacial score (nSPS) is 12.0. The standard InChI is InChI=1S/C13H8BrF3N4/c14-7-4-10-12(19-5-7)21-11(20-10)8-3-6(13(15,16)17)1-2-9(8)18/h1-5H,18H2,(H,19,20,21). The molecule has 0 unspecified atom stereocenters. The molecule has 3 aromatic rings. The van der Waals surface area contributed by atoms with Crippen LogP contribution in [0.2, 0.25) is 0 Å². The molecule has 8 heteroatoms. The number of hydrogen-bond acceptors (Lipinski definition) is 3. The second kappa shape index (κ2) is 4.73. The summed E-state index contributed by atoms with van der Waals surface area (Å²) in [6.07, 6.45) is -2.88. The van der Waals surface area contributed by atoms with Crippen LogP contribution in [0.4, 0.5) is 18.9 Å². The zero-order valence-corrected chi connectivity index (χ0v) is 12.0. The number of H-pyrrole nitrogens is 1. The summed E-state index contributed by atoms with van der Waals surface area (Å²) in [4.78, 5) is 11.2. The Kier molecular flexibility index (Phi) is 3.12. The van der Waals surface area contributed by atoms with E-state index in [1.165, 1.54) is 6.07 Å². The molecule has 0 aliphatic heterocycles. The SMILES string of the molecule is Nc1ccc(C(F)(F)F)cc1-c1nc2ncc(Br)cc2[nH]1. The lowest BCUT2D eigenvalue weighted by atomic mass is 10.1. The first-order chi connectivity index (χ1) is 9.84. The molecule has 21 heavy (non-hydrogen) atoms. The van der Waals surface area contributed by atoms with E-state index in [4.69, 9.17) is 5.73 Å². The van der Waals surface area contributed by atoms with Crippen LogP contribution in [0.25, 0.3) is 22.6 Å². The molecule has 0 spiro atoms. The highest BCUT2D eigenvalue weighted by molar-refractivity contribution is 9.10. The van der Waals surface area contributed by atoms with Crippen molar-refractivity contribution in [2.24, 2.45) is 0 Å². The summed E-state index contributed by atoms with van der Waals surface area (Å²) < 4.78 is 39.1. The van der Waals surface area contributed by atoms with Crippen molar-refractivity contribution in [3.8, 4) is 11.4 Å². The number of anilines is 1. The fraction of sp³-hybridized carbons (Fsp3) is 0.0769. The Morgan fingerprint density at radius 2 is 1.95 bits per heavy atom. The number of pyridine rings is 1. The van der Waals surface area contributed by atoms with E-state index in [0.717, 1.165) is 16.6 Å². The van der Waals surface area contributed by atoms with Crippen molar-refractivity contribution in [3.05, 3.63) is 40.5 Å². The van der Waals surface area contributed by atoms with Gasteiger partial charge in [-0.1, -0.05) is 0 Å². The smallest absolute Gasteiger partial charge is 0.398 e. The predicted octanol–water partition coefficient (Wildman–Crippen LogP) is 3.99.